The van der Waals surface area contributed by atoms with E-state index in [-0.39, 0.29) is 12.0 Å². The number of hydrogen-bond donors (Lipinski definition) is 0. The van der Waals surface area contributed by atoms with Gasteiger partial charge in [0.05, 0.1) is 6.04 Å². The van der Waals surface area contributed by atoms with Crippen LogP contribution in [0.2, 0.25) is 0 Å². The molecule has 0 saturated carbocycles. The molecule has 0 N–H and O–H groups in total. The van der Waals surface area contributed by atoms with E-state index >= 15 is 0 Å². The molecular formula is C56H41NO. The third-order valence-corrected chi connectivity index (χ3v) is 11.4. The second-order valence-corrected chi connectivity index (χ2v) is 15.0. The molecule has 2 nitrogen and oxygen atoms in total. The Hall–Kier alpha value is -7.42. The maximum atomic E-state index is 6.59. The SMILES string of the molecule is C=c1cccc/c1=C/C=C/c1ccc(N(c2ccccc2-c2cccc3oc4cc5ccccc5cc4c23)C2C=CC(c3ccccc3)=CC2c2ccccc2)cc1. The Bertz CT molecular complexity index is 3130. The highest BCUT2D eigenvalue weighted by molar-refractivity contribution is 6.16. The molecule has 2 atom stereocenters. The van der Waals surface area contributed by atoms with Gasteiger partial charge in [-0.3, -0.25) is 0 Å². The average molecular weight is 744 g/mol. The number of fused-ring (bicyclic) bond motifs is 4. The van der Waals surface area contributed by atoms with Gasteiger partial charge in [-0.05, 0) is 85.4 Å². The van der Waals surface area contributed by atoms with Gasteiger partial charge in [0, 0.05) is 33.6 Å². The van der Waals surface area contributed by atoms with Gasteiger partial charge in [0.15, 0.2) is 0 Å². The molecule has 9 aromatic rings. The van der Waals surface area contributed by atoms with Crippen molar-refractivity contribution in [2.45, 2.75) is 12.0 Å². The summed E-state index contributed by atoms with van der Waals surface area (Å²) in [6, 6.07) is 67.0. The summed E-state index contributed by atoms with van der Waals surface area (Å²) in [5, 5.41) is 6.75. The maximum absolute atomic E-state index is 6.59. The second-order valence-electron chi connectivity index (χ2n) is 15.0. The number of para-hydroxylation sites is 1. The van der Waals surface area contributed by atoms with Crippen molar-refractivity contribution in [2.75, 3.05) is 4.90 Å². The van der Waals surface area contributed by atoms with Crippen LogP contribution < -0.4 is 15.3 Å². The number of hydrogen-bond acceptors (Lipinski definition) is 2. The lowest BCUT2D eigenvalue weighted by Gasteiger charge is -2.39. The zero-order valence-electron chi connectivity index (χ0n) is 32.1. The van der Waals surface area contributed by atoms with Crippen molar-refractivity contribution < 1.29 is 4.42 Å². The van der Waals surface area contributed by atoms with Crippen LogP contribution in [-0.2, 0) is 0 Å². The van der Waals surface area contributed by atoms with Crippen LogP contribution in [0.3, 0.4) is 0 Å². The molecule has 0 saturated heterocycles. The molecule has 0 aliphatic heterocycles. The predicted molar refractivity (Wildman–Crippen MR) is 246 cm³/mol. The minimum atomic E-state index is -0.0384. The van der Waals surface area contributed by atoms with Crippen LogP contribution in [0.1, 0.15) is 22.6 Å². The molecule has 1 aliphatic carbocycles. The number of anilines is 2. The van der Waals surface area contributed by atoms with Crippen molar-refractivity contribution in [2.24, 2.45) is 0 Å². The number of nitrogens with zero attached hydrogens (tertiary/aromatic N) is 1. The number of allylic oxidation sites excluding steroid dienone is 3. The molecule has 0 radical (unpaired) electrons. The lowest BCUT2D eigenvalue weighted by molar-refractivity contribution is 0.669. The van der Waals surface area contributed by atoms with Gasteiger partial charge in [-0.1, -0.05) is 195 Å². The molecule has 1 aliphatic rings. The van der Waals surface area contributed by atoms with Gasteiger partial charge in [0.1, 0.15) is 11.2 Å². The van der Waals surface area contributed by atoms with Crippen LogP contribution in [0, 0.1) is 0 Å². The minimum absolute atomic E-state index is 0.0384. The fourth-order valence-corrected chi connectivity index (χ4v) is 8.53. The Morgan fingerprint density at radius 1 is 0.586 bits per heavy atom. The third kappa shape index (κ3) is 6.65. The normalized spacial score (nSPS) is 15.7. The zero-order valence-corrected chi connectivity index (χ0v) is 32.1. The van der Waals surface area contributed by atoms with E-state index in [4.69, 9.17) is 4.42 Å². The summed E-state index contributed by atoms with van der Waals surface area (Å²) in [6.45, 7) is 4.18. The van der Waals surface area contributed by atoms with Gasteiger partial charge in [-0.15, -0.1) is 0 Å². The Balaban J connectivity index is 1.15. The molecule has 0 spiro atoms. The summed E-state index contributed by atoms with van der Waals surface area (Å²) in [5.74, 6) is 0.0586. The zero-order chi connectivity index (χ0) is 38.8. The Morgan fingerprint density at radius 3 is 2.09 bits per heavy atom. The number of furan rings is 1. The first-order valence-electron chi connectivity index (χ1n) is 19.9. The monoisotopic (exact) mass is 743 g/mol. The van der Waals surface area contributed by atoms with E-state index in [1.807, 2.05) is 18.2 Å². The van der Waals surface area contributed by atoms with Gasteiger partial charge < -0.3 is 9.32 Å². The molecule has 0 fully saturated rings. The van der Waals surface area contributed by atoms with E-state index in [1.165, 1.54) is 27.5 Å². The summed E-state index contributed by atoms with van der Waals surface area (Å²) in [5.41, 5.74) is 11.1. The smallest absolute Gasteiger partial charge is 0.136 e. The van der Waals surface area contributed by atoms with Crippen molar-refractivity contribution in [3.8, 4) is 11.1 Å². The van der Waals surface area contributed by atoms with Gasteiger partial charge in [0.2, 0.25) is 0 Å². The fraction of sp³-hybridized carbons (Fsp3) is 0.0357. The van der Waals surface area contributed by atoms with Gasteiger partial charge in [0.25, 0.3) is 0 Å². The summed E-state index contributed by atoms with van der Waals surface area (Å²) < 4.78 is 6.59. The number of rotatable bonds is 8. The van der Waals surface area contributed by atoms with Crippen LogP contribution in [0.4, 0.5) is 11.4 Å². The van der Waals surface area contributed by atoms with Gasteiger partial charge >= 0.3 is 0 Å². The molecule has 8 aromatic carbocycles. The highest BCUT2D eigenvalue weighted by Gasteiger charge is 2.31. The third-order valence-electron chi connectivity index (χ3n) is 11.4. The Labute approximate surface area is 339 Å². The van der Waals surface area contributed by atoms with Crippen LogP contribution in [-0.4, -0.2) is 6.04 Å². The van der Waals surface area contributed by atoms with Crippen LogP contribution >= 0.6 is 0 Å². The molecule has 10 rings (SSSR count). The molecule has 1 heterocycles. The highest BCUT2D eigenvalue weighted by atomic mass is 16.3. The second kappa shape index (κ2) is 15.3. The molecule has 276 valence electrons. The van der Waals surface area contributed by atoms with Gasteiger partial charge in [-0.2, -0.15) is 0 Å². The van der Waals surface area contributed by atoms with Crippen LogP contribution in [0.15, 0.2) is 217 Å². The van der Waals surface area contributed by atoms with Gasteiger partial charge in [-0.25, -0.2) is 0 Å². The van der Waals surface area contributed by atoms with Crippen molar-refractivity contribution in [3.63, 3.8) is 0 Å². The van der Waals surface area contributed by atoms with Crippen molar-refractivity contribution in [1.82, 2.24) is 0 Å². The topological polar surface area (TPSA) is 16.4 Å². The Kier molecular flexibility index (Phi) is 9.21. The lowest BCUT2D eigenvalue weighted by atomic mass is 9.82. The van der Waals surface area contributed by atoms with E-state index in [0.29, 0.717) is 0 Å². The average Bonchev–Trinajstić information content (AvgIpc) is 3.65. The largest absolute Gasteiger partial charge is 0.456 e. The van der Waals surface area contributed by atoms with Crippen LogP contribution in [0.25, 0.3) is 68.1 Å². The standard InChI is InChI=1S/C56H41NO/c1-39-16-8-9-18-41(39)25-14-17-40-30-33-47(34-31-40)57(53-35-32-46(42-19-4-2-5-20-42)36-50(53)43-21-6-3-7-22-43)52-28-13-12-26-48(52)49-27-15-29-54-56(49)51-37-44-23-10-11-24-45(44)38-55(51)58-54/h2-38,50,53H,1H2/b17-14+,41-25-. The quantitative estimate of drug-likeness (QED) is 0.154. The first kappa shape index (κ1) is 35.0. The number of benzene rings is 8. The molecule has 2 heteroatoms. The highest BCUT2D eigenvalue weighted by Crippen LogP contribution is 2.46. The lowest BCUT2D eigenvalue weighted by Crippen LogP contribution is -2.36. The van der Waals surface area contributed by atoms with Crippen molar-refractivity contribution >= 4 is 68.4 Å². The van der Waals surface area contributed by atoms with E-state index < -0.39 is 0 Å². The van der Waals surface area contributed by atoms with Crippen molar-refractivity contribution in [3.05, 3.63) is 239 Å². The summed E-state index contributed by atoms with van der Waals surface area (Å²) in [7, 11) is 0. The Morgan fingerprint density at radius 2 is 1.28 bits per heavy atom. The fourth-order valence-electron chi connectivity index (χ4n) is 8.53. The maximum Gasteiger partial charge on any atom is 0.136 e. The van der Waals surface area contributed by atoms with E-state index in [2.05, 4.69) is 218 Å². The molecular weight excluding hydrogens is 703 g/mol. The molecule has 58 heavy (non-hydrogen) atoms. The first-order chi connectivity index (χ1) is 28.7. The molecule has 2 unspecified atom stereocenters. The predicted octanol–water partition coefficient (Wildman–Crippen LogP) is 13.3. The van der Waals surface area contributed by atoms with Crippen molar-refractivity contribution in [1.29, 1.82) is 0 Å². The van der Waals surface area contributed by atoms with E-state index in [9.17, 15) is 0 Å². The summed E-state index contributed by atoms with van der Waals surface area (Å²) in [6.07, 6.45) is 13.5. The summed E-state index contributed by atoms with van der Waals surface area (Å²) in [4.78, 5) is 2.54. The summed E-state index contributed by atoms with van der Waals surface area (Å²) >= 11 is 0. The molecule has 0 bridgehead atoms. The molecule has 0 amide bonds. The van der Waals surface area contributed by atoms with Crippen LogP contribution in [0.5, 0.6) is 0 Å². The minimum Gasteiger partial charge on any atom is -0.456 e. The molecule has 1 aromatic heterocycles. The van der Waals surface area contributed by atoms with E-state index in [1.54, 1.807) is 0 Å². The first-order valence-corrected chi connectivity index (χ1v) is 19.9. The van der Waals surface area contributed by atoms with E-state index in [0.717, 1.165) is 60.4 Å².